The average Bonchev–Trinajstić information content (AvgIpc) is 2.76. The lowest BCUT2D eigenvalue weighted by Crippen LogP contribution is -2.35. The molecular formula is C22H26N4O5S. The molecule has 9 nitrogen and oxygen atoms in total. The number of nitrogens with zero attached hydrogens (tertiary/aromatic N) is 2. The number of carbonyl (C=O) groups excluding carboxylic acids is 1. The predicted molar refractivity (Wildman–Crippen MR) is 122 cm³/mol. The third-order valence-electron chi connectivity index (χ3n) is 4.71. The maximum atomic E-state index is 13.0. The van der Waals surface area contributed by atoms with Gasteiger partial charge in [0.15, 0.2) is 5.69 Å². The standard InChI is InChI=1S/C22H26N4O5S/c1-4-13-26-22(28)19-8-6-5-7-18(19)20(24-26)21(27)23-16-9-11-17(12-10-16)32(29,30)25-15(2)14-31-3/h5-12,15,25H,4,13-14H2,1-3H3,(H,23,27). The van der Waals surface area contributed by atoms with Gasteiger partial charge in [-0.2, -0.15) is 5.10 Å². The van der Waals surface area contributed by atoms with Crippen molar-refractivity contribution in [1.29, 1.82) is 0 Å². The van der Waals surface area contributed by atoms with E-state index < -0.39 is 15.9 Å². The zero-order valence-electron chi connectivity index (χ0n) is 18.2. The molecule has 1 amide bonds. The number of hydrogen-bond acceptors (Lipinski definition) is 6. The van der Waals surface area contributed by atoms with Crippen LogP contribution in [0.25, 0.3) is 10.8 Å². The number of anilines is 1. The van der Waals surface area contributed by atoms with E-state index >= 15 is 0 Å². The first-order valence-corrected chi connectivity index (χ1v) is 11.7. The van der Waals surface area contributed by atoms with Gasteiger partial charge in [0.2, 0.25) is 10.0 Å². The van der Waals surface area contributed by atoms with Crippen LogP contribution in [-0.4, -0.2) is 43.9 Å². The smallest absolute Gasteiger partial charge is 0.276 e. The summed E-state index contributed by atoms with van der Waals surface area (Å²) in [6, 6.07) is 12.2. The second kappa shape index (κ2) is 10.0. The number of ether oxygens (including phenoxy) is 1. The molecule has 0 bridgehead atoms. The Kier molecular flexibility index (Phi) is 7.39. The monoisotopic (exact) mass is 458 g/mol. The molecule has 3 rings (SSSR count). The van der Waals surface area contributed by atoms with Gasteiger partial charge in [-0.3, -0.25) is 9.59 Å². The zero-order valence-corrected chi connectivity index (χ0v) is 19.0. The number of sulfonamides is 1. The summed E-state index contributed by atoms with van der Waals surface area (Å²) in [5.74, 6) is -0.492. The van der Waals surface area contributed by atoms with Crippen LogP contribution < -0.4 is 15.6 Å². The average molecular weight is 459 g/mol. The lowest BCUT2D eigenvalue weighted by molar-refractivity contribution is 0.102. The van der Waals surface area contributed by atoms with E-state index in [1.54, 1.807) is 31.2 Å². The Morgan fingerprint density at radius 2 is 1.78 bits per heavy atom. The Labute approximate surface area is 186 Å². The first-order chi connectivity index (χ1) is 15.3. The fourth-order valence-corrected chi connectivity index (χ4v) is 4.52. The first kappa shape index (κ1) is 23.6. The third-order valence-corrected chi connectivity index (χ3v) is 6.32. The van der Waals surface area contributed by atoms with Gasteiger partial charge < -0.3 is 10.1 Å². The van der Waals surface area contributed by atoms with E-state index in [2.05, 4.69) is 15.1 Å². The highest BCUT2D eigenvalue weighted by Crippen LogP contribution is 2.18. The van der Waals surface area contributed by atoms with Crippen molar-refractivity contribution >= 4 is 32.4 Å². The molecule has 0 fully saturated rings. The zero-order chi connectivity index (χ0) is 23.3. The molecule has 0 radical (unpaired) electrons. The minimum atomic E-state index is -3.72. The molecule has 10 heteroatoms. The van der Waals surface area contributed by atoms with Crippen molar-refractivity contribution in [2.24, 2.45) is 0 Å². The topological polar surface area (TPSA) is 119 Å². The fraction of sp³-hybridized carbons (Fsp3) is 0.318. The summed E-state index contributed by atoms with van der Waals surface area (Å²) in [6.07, 6.45) is 0.694. The van der Waals surface area contributed by atoms with Crippen LogP contribution in [0, 0.1) is 0 Å². The number of aromatic nitrogens is 2. The van der Waals surface area contributed by atoms with Crippen molar-refractivity contribution in [3.8, 4) is 0 Å². The molecule has 1 aromatic heterocycles. The molecule has 32 heavy (non-hydrogen) atoms. The van der Waals surface area contributed by atoms with Crippen LogP contribution in [0.4, 0.5) is 5.69 Å². The minimum Gasteiger partial charge on any atom is -0.383 e. The molecule has 3 aromatic rings. The summed E-state index contributed by atoms with van der Waals surface area (Å²) in [6.45, 7) is 4.26. The second-order valence-corrected chi connectivity index (χ2v) is 9.09. The Morgan fingerprint density at radius 3 is 2.41 bits per heavy atom. The van der Waals surface area contributed by atoms with Gasteiger partial charge in [-0.15, -0.1) is 0 Å². The van der Waals surface area contributed by atoms with Crippen molar-refractivity contribution in [3.05, 3.63) is 64.6 Å². The van der Waals surface area contributed by atoms with Crippen LogP contribution in [0.2, 0.25) is 0 Å². The Morgan fingerprint density at radius 1 is 1.12 bits per heavy atom. The number of carbonyl (C=O) groups is 1. The summed E-state index contributed by atoms with van der Waals surface area (Å²) < 4.78 is 33.7. The summed E-state index contributed by atoms with van der Waals surface area (Å²) in [5, 5.41) is 7.87. The lowest BCUT2D eigenvalue weighted by atomic mass is 10.1. The van der Waals surface area contributed by atoms with Crippen molar-refractivity contribution in [3.63, 3.8) is 0 Å². The minimum absolute atomic E-state index is 0.0681. The van der Waals surface area contributed by atoms with Crippen LogP contribution in [0.1, 0.15) is 30.8 Å². The van der Waals surface area contributed by atoms with Gasteiger partial charge >= 0.3 is 0 Å². The highest BCUT2D eigenvalue weighted by atomic mass is 32.2. The molecule has 0 aliphatic heterocycles. The van der Waals surface area contributed by atoms with E-state index in [1.807, 2.05) is 6.92 Å². The van der Waals surface area contributed by atoms with Gasteiger partial charge in [-0.25, -0.2) is 17.8 Å². The Hall–Kier alpha value is -3.08. The highest BCUT2D eigenvalue weighted by Gasteiger charge is 2.19. The van der Waals surface area contributed by atoms with E-state index in [9.17, 15) is 18.0 Å². The number of benzene rings is 2. The molecule has 0 aliphatic carbocycles. The largest absolute Gasteiger partial charge is 0.383 e. The highest BCUT2D eigenvalue weighted by molar-refractivity contribution is 7.89. The number of methoxy groups -OCH3 is 1. The molecule has 2 N–H and O–H groups in total. The predicted octanol–water partition coefficient (Wildman–Crippen LogP) is 2.37. The van der Waals surface area contributed by atoms with Crippen molar-refractivity contribution < 1.29 is 17.9 Å². The number of fused-ring (bicyclic) bond motifs is 1. The third kappa shape index (κ3) is 5.21. The maximum absolute atomic E-state index is 13.0. The van der Waals surface area contributed by atoms with Gasteiger partial charge in [0.1, 0.15) is 0 Å². The number of amides is 1. The molecule has 0 saturated heterocycles. The normalized spacial score (nSPS) is 12.6. The summed E-state index contributed by atoms with van der Waals surface area (Å²) in [5.41, 5.74) is 0.280. The Balaban J connectivity index is 1.86. The van der Waals surface area contributed by atoms with Crippen LogP contribution in [0.5, 0.6) is 0 Å². The van der Waals surface area contributed by atoms with Crippen LogP contribution in [0.15, 0.2) is 58.2 Å². The van der Waals surface area contributed by atoms with Crippen molar-refractivity contribution in [2.45, 2.75) is 37.8 Å². The lowest BCUT2D eigenvalue weighted by Gasteiger charge is -2.14. The van der Waals surface area contributed by atoms with Gasteiger partial charge in [-0.1, -0.05) is 25.1 Å². The van der Waals surface area contributed by atoms with Crippen molar-refractivity contribution in [1.82, 2.24) is 14.5 Å². The maximum Gasteiger partial charge on any atom is 0.276 e. The molecular weight excluding hydrogens is 432 g/mol. The van der Waals surface area contributed by atoms with Gasteiger partial charge in [0.25, 0.3) is 11.5 Å². The molecule has 0 aliphatic rings. The number of aryl methyl sites for hydroxylation is 1. The van der Waals surface area contributed by atoms with Crippen LogP contribution in [-0.2, 0) is 21.3 Å². The molecule has 2 aromatic carbocycles. The van der Waals surface area contributed by atoms with Crippen LogP contribution in [0.3, 0.4) is 0 Å². The van der Waals surface area contributed by atoms with E-state index in [-0.39, 0.29) is 28.8 Å². The summed E-state index contributed by atoms with van der Waals surface area (Å²) in [4.78, 5) is 25.6. The van der Waals surface area contributed by atoms with E-state index in [4.69, 9.17) is 4.74 Å². The molecule has 1 unspecified atom stereocenters. The molecule has 0 spiro atoms. The van der Waals surface area contributed by atoms with Gasteiger partial charge in [0, 0.05) is 30.8 Å². The van der Waals surface area contributed by atoms with Crippen molar-refractivity contribution in [2.75, 3.05) is 19.0 Å². The SMILES string of the molecule is CCCn1nc(C(=O)Nc2ccc(S(=O)(=O)NC(C)COC)cc2)c2ccccc2c1=O. The quantitative estimate of drug-likeness (QED) is 0.508. The molecule has 170 valence electrons. The van der Waals surface area contributed by atoms with Gasteiger partial charge in [-0.05, 0) is 43.7 Å². The Bertz CT molecular complexity index is 1270. The molecule has 1 atom stereocenters. The number of hydrogen-bond donors (Lipinski definition) is 2. The summed E-state index contributed by atoms with van der Waals surface area (Å²) >= 11 is 0. The molecule has 1 heterocycles. The van der Waals surface area contributed by atoms with E-state index in [1.165, 1.54) is 36.1 Å². The van der Waals surface area contributed by atoms with Crippen LogP contribution >= 0.6 is 0 Å². The fourth-order valence-electron chi connectivity index (χ4n) is 3.29. The number of rotatable bonds is 9. The van der Waals surface area contributed by atoms with E-state index in [0.717, 1.165) is 0 Å². The summed E-state index contributed by atoms with van der Waals surface area (Å²) in [7, 11) is -2.22. The van der Waals surface area contributed by atoms with Gasteiger partial charge in [0.05, 0.1) is 16.9 Å². The first-order valence-electron chi connectivity index (χ1n) is 10.2. The second-order valence-electron chi connectivity index (χ2n) is 7.38. The molecule has 0 saturated carbocycles. The number of nitrogens with one attached hydrogen (secondary N) is 2. The van der Waals surface area contributed by atoms with E-state index in [0.29, 0.717) is 29.4 Å².